The highest BCUT2D eigenvalue weighted by molar-refractivity contribution is 5.96. The smallest absolute Gasteiger partial charge is 0.338 e. The van der Waals surface area contributed by atoms with E-state index < -0.39 is 11.9 Å². The van der Waals surface area contributed by atoms with Crippen molar-refractivity contribution in [2.75, 3.05) is 11.9 Å². The number of aromatic nitrogens is 1. The number of hydrogen-bond acceptors (Lipinski definition) is 6. The average molecular weight is 422 g/mol. The van der Waals surface area contributed by atoms with Crippen molar-refractivity contribution in [2.24, 2.45) is 0 Å². The normalized spacial score (nSPS) is 10.6. The summed E-state index contributed by atoms with van der Waals surface area (Å²) in [6.45, 7) is 9.41. The van der Waals surface area contributed by atoms with E-state index in [-0.39, 0.29) is 13.2 Å². The number of benzene rings is 2. The van der Waals surface area contributed by atoms with Gasteiger partial charge in [0.25, 0.3) is 5.91 Å². The van der Waals surface area contributed by atoms with E-state index in [0.29, 0.717) is 17.1 Å². The molecule has 1 heterocycles. The SMILES string of the molecule is Cc1cc(C)c(NC(=O)COC(=O)c2cccc(OCc3c(C)noc3C)c2)c(C)c1. The number of aryl methyl sites for hydroxylation is 5. The van der Waals surface area contributed by atoms with Crippen LogP contribution in [0.25, 0.3) is 0 Å². The maximum absolute atomic E-state index is 12.4. The molecule has 0 aliphatic rings. The zero-order valence-corrected chi connectivity index (χ0v) is 18.4. The van der Waals surface area contributed by atoms with Crippen molar-refractivity contribution in [3.05, 3.63) is 75.7 Å². The van der Waals surface area contributed by atoms with Crippen molar-refractivity contribution in [2.45, 2.75) is 41.2 Å². The van der Waals surface area contributed by atoms with Gasteiger partial charge in [-0.3, -0.25) is 4.79 Å². The summed E-state index contributed by atoms with van der Waals surface area (Å²) in [6, 6.07) is 10.6. The Bertz CT molecular complexity index is 1070. The molecule has 0 spiro atoms. The fourth-order valence-electron chi connectivity index (χ4n) is 3.34. The minimum atomic E-state index is -0.602. The van der Waals surface area contributed by atoms with Crippen molar-refractivity contribution >= 4 is 17.6 Å². The minimum Gasteiger partial charge on any atom is -0.489 e. The minimum absolute atomic E-state index is 0.275. The number of carbonyl (C=O) groups is 2. The Morgan fingerprint density at radius 2 is 1.74 bits per heavy atom. The molecule has 0 unspecified atom stereocenters. The van der Waals surface area contributed by atoms with Gasteiger partial charge >= 0.3 is 5.97 Å². The number of nitrogens with one attached hydrogen (secondary N) is 1. The molecule has 2 aromatic carbocycles. The molecule has 3 aromatic rings. The first kappa shape index (κ1) is 22.1. The van der Waals surface area contributed by atoms with Crippen LogP contribution in [0, 0.1) is 34.6 Å². The van der Waals surface area contributed by atoms with E-state index in [0.717, 1.165) is 33.6 Å². The number of amides is 1. The largest absolute Gasteiger partial charge is 0.489 e. The van der Waals surface area contributed by atoms with E-state index in [1.807, 2.05) is 46.8 Å². The van der Waals surface area contributed by atoms with Gasteiger partial charge in [-0.15, -0.1) is 0 Å². The zero-order chi connectivity index (χ0) is 22.5. The summed E-state index contributed by atoms with van der Waals surface area (Å²) in [7, 11) is 0. The number of hydrogen-bond donors (Lipinski definition) is 1. The van der Waals surface area contributed by atoms with Crippen LogP contribution >= 0.6 is 0 Å². The van der Waals surface area contributed by atoms with E-state index in [9.17, 15) is 9.59 Å². The molecule has 1 aromatic heterocycles. The standard InChI is InChI=1S/C24H26N2O5/c1-14-9-15(2)23(16(3)10-14)25-22(27)13-30-24(28)19-7-6-8-20(11-19)29-12-21-17(4)26-31-18(21)5/h6-11H,12-13H2,1-5H3,(H,25,27). The molecule has 0 aliphatic heterocycles. The second-order valence-electron chi connectivity index (χ2n) is 7.52. The molecule has 0 saturated carbocycles. The molecule has 162 valence electrons. The Kier molecular flexibility index (Phi) is 6.74. The van der Waals surface area contributed by atoms with Crippen molar-refractivity contribution in [3.8, 4) is 5.75 Å². The van der Waals surface area contributed by atoms with E-state index in [1.165, 1.54) is 0 Å². The Labute approximate surface area is 181 Å². The predicted molar refractivity (Wildman–Crippen MR) is 116 cm³/mol. The van der Waals surface area contributed by atoms with Crippen molar-refractivity contribution < 1.29 is 23.6 Å². The quantitative estimate of drug-likeness (QED) is 0.560. The summed E-state index contributed by atoms with van der Waals surface area (Å²) in [5.74, 6) is 0.201. The highest BCUT2D eigenvalue weighted by Gasteiger charge is 2.14. The van der Waals surface area contributed by atoms with E-state index in [4.69, 9.17) is 14.0 Å². The van der Waals surface area contributed by atoms with E-state index >= 15 is 0 Å². The van der Waals surface area contributed by atoms with Gasteiger partial charge in [-0.1, -0.05) is 28.9 Å². The molecule has 0 aliphatic carbocycles. The molecule has 7 heteroatoms. The lowest BCUT2D eigenvalue weighted by atomic mass is 10.1. The first-order valence-corrected chi connectivity index (χ1v) is 9.94. The van der Waals surface area contributed by atoms with Gasteiger partial charge in [0.2, 0.25) is 0 Å². The lowest BCUT2D eigenvalue weighted by Crippen LogP contribution is -2.22. The van der Waals surface area contributed by atoms with Gasteiger partial charge in [-0.05, 0) is 63.9 Å². The molecule has 1 N–H and O–H groups in total. The van der Waals surface area contributed by atoms with Crippen LogP contribution in [0.2, 0.25) is 0 Å². The van der Waals surface area contributed by atoms with Crippen LogP contribution in [-0.2, 0) is 16.1 Å². The van der Waals surface area contributed by atoms with Crippen LogP contribution in [0.3, 0.4) is 0 Å². The molecular weight excluding hydrogens is 396 g/mol. The maximum Gasteiger partial charge on any atom is 0.338 e. The van der Waals surface area contributed by atoms with Gasteiger partial charge in [0.05, 0.1) is 16.8 Å². The van der Waals surface area contributed by atoms with Crippen LogP contribution in [0.4, 0.5) is 5.69 Å². The number of nitrogens with zero attached hydrogens (tertiary/aromatic N) is 1. The third-order valence-electron chi connectivity index (χ3n) is 4.91. The van der Waals surface area contributed by atoms with Crippen LogP contribution in [-0.4, -0.2) is 23.6 Å². The van der Waals surface area contributed by atoms with Gasteiger partial charge in [-0.2, -0.15) is 0 Å². The molecule has 31 heavy (non-hydrogen) atoms. The maximum atomic E-state index is 12.4. The fourth-order valence-corrected chi connectivity index (χ4v) is 3.34. The van der Waals surface area contributed by atoms with Gasteiger partial charge in [0, 0.05) is 5.69 Å². The molecule has 0 fully saturated rings. The first-order chi connectivity index (χ1) is 14.7. The highest BCUT2D eigenvalue weighted by Crippen LogP contribution is 2.22. The molecule has 0 radical (unpaired) electrons. The molecule has 0 bridgehead atoms. The summed E-state index contributed by atoms with van der Waals surface area (Å²) >= 11 is 0. The number of esters is 1. The van der Waals surface area contributed by atoms with Gasteiger partial charge in [0.15, 0.2) is 6.61 Å². The van der Waals surface area contributed by atoms with Crippen molar-refractivity contribution in [1.82, 2.24) is 5.16 Å². The summed E-state index contributed by atoms with van der Waals surface area (Å²) < 4.78 is 16.1. The van der Waals surface area contributed by atoms with Crippen LogP contribution in [0.15, 0.2) is 40.9 Å². The molecule has 3 rings (SSSR count). The van der Waals surface area contributed by atoms with Crippen LogP contribution in [0.1, 0.15) is 44.1 Å². The Morgan fingerprint density at radius 3 is 2.39 bits per heavy atom. The van der Waals surface area contributed by atoms with Crippen LogP contribution < -0.4 is 10.1 Å². The lowest BCUT2D eigenvalue weighted by Gasteiger charge is -2.13. The fraction of sp³-hybridized carbons (Fsp3) is 0.292. The summed E-state index contributed by atoms with van der Waals surface area (Å²) in [5, 5.41) is 6.71. The second-order valence-corrected chi connectivity index (χ2v) is 7.52. The number of carbonyl (C=O) groups excluding carboxylic acids is 2. The predicted octanol–water partition coefficient (Wildman–Crippen LogP) is 4.59. The Morgan fingerprint density at radius 1 is 1.03 bits per heavy atom. The second kappa shape index (κ2) is 9.47. The molecule has 0 atom stereocenters. The monoisotopic (exact) mass is 422 g/mol. The third-order valence-corrected chi connectivity index (χ3v) is 4.91. The number of ether oxygens (including phenoxy) is 2. The Hall–Kier alpha value is -3.61. The Balaban J connectivity index is 1.57. The van der Waals surface area contributed by atoms with Gasteiger partial charge < -0.3 is 19.3 Å². The topological polar surface area (TPSA) is 90.7 Å². The summed E-state index contributed by atoms with van der Waals surface area (Å²) in [5.41, 5.74) is 5.70. The third kappa shape index (κ3) is 5.51. The zero-order valence-electron chi connectivity index (χ0n) is 18.4. The summed E-state index contributed by atoms with van der Waals surface area (Å²) in [4.78, 5) is 24.7. The molecule has 1 amide bonds. The number of rotatable bonds is 7. The van der Waals surface area contributed by atoms with Crippen LogP contribution in [0.5, 0.6) is 5.75 Å². The van der Waals surface area contributed by atoms with Crippen molar-refractivity contribution in [1.29, 1.82) is 0 Å². The average Bonchev–Trinajstić information content (AvgIpc) is 3.05. The van der Waals surface area contributed by atoms with E-state index in [2.05, 4.69) is 10.5 Å². The lowest BCUT2D eigenvalue weighted by molar-refractivity contribution is -0.119. The van der Waals surface area contributed by atoms with Gasteiger partial charge in [-0.25, -0.2) is 4.79 Å². The molecule has 0 saturated heterocycles. The number of anilines is 1. The highest BCUT2D eigenvalue weighted by atomic mass is 16.5. The molecule has 7 nitrogen and oxygen atoms in total. The molecular formula is C24H26N2O5. The van der Waals surface area contributed by atoms with E-state index in [1.54, 1.807) is 24.3 Å². The van der Waals surface area contributed by atoms with Crippen molar-refractivity contribution in [3.63, 3.8) is 0 Å². The van der Waals surface area contributed by atoms with Gasteiger partial charge in [0.1, 0.15) is 18.1 Å². The summed E-state index contributed by atoms with van der Waals surface area (Å²) in [6.07, 6.45) is 0. The first-order valence-electron chi connectivity index (χ1n) is 9.94.